The predicted molar refractivity (Wildman–Crippen MR) is 129 cm³/mol. The van der Waals surface area contributed by atoms with Crippen LogP contribution in [0.25, 0.3) is 0 Å². The molecule has 1 atom stereocenters. The number of aryl methyl sites for hydroxylation is 2. The minimum absolute atomic E-state index is 0.0465. The van der Waals surface area contributed by atoms with Crippen molar-refractivity contribution in [2.24, 2.45) is 0 Å². The lowest BCUT2D eigenvalue weighted by Crippen LogP contribution is -2.51. The predicted octanol–water partition coefficient (Wildman–Crippen LogP) is 4.62. The van der Waals surface area contributed by atoms with Crippen molar-refractivity contribution in [3.8, 4) is 0 Å². The first kappa shape index (κ1) is 23.3. The summed E-state index contributed by atoms with van der Waals surface area (Å²) in [6.07, 6.45) is 0.739. The smallest absolute Gasteiger partial charge is 0.243 e. The highest BCUT2D eigenvalue weighted by Crippen LogP contribution is 2.18. The van der Waals surface area contributed by atoms with Crippen molar-refractivity contribution in [2.45, 2.75) is 46.2 Å². The number of carbonyl (C=O) groups excluding carboxylic acids is 2. The first-order chi connectivity index (χ1) is 15.5. The number of carbonyl (C=O) groups is 2. The van der Waals surface area contributed by atoms with Crippen LogP contribution in [0.5, 0.6) is 0 Å². The Balaban J connectivity index is 1.96. The van der Waals surface area contributed by atoms with Crippen LogP contribution >= 0.6 is 0 Å². The van der Waals surface area contributed by atoms with Gasteiger partial charge in [0.05, 0.1) is 6.42 Å². The molecule has 166 valence electrons. The fourth-order valence-corrected chi connectivity index (χ4v) is 3.88. The van der Waals surface area contributed by atoms with Crippen molar-refractivity contribution < 1.29 is 9.59 Å². The Bertz CT molecular complexity index is 1030. The Morgan fingerprint density at radius 3 is 2.12 bits per heavy atom. The van der Waals surface area contributed by atoms with Gasteiger partial charge in [0.15, 0.2) is 0 Å². The summed E-state index contributed by atoms with van der Waals surface area (Å²) >= 11 is 0. The van der Waals surface area contributed by atoms with Gasteiger partial charge in [0.25, 0.3) is 0 Å². The number of amides is 2. The highest BCUT2D eigenvalue weighted by atomic mass is 16.2. The summed E-state index contributed by atoms with van der Waals surface area (Å²) in [5.74, 6) is -0.170. The fourth-order valence-electron chi connectivity index (χ4n) is 3.88. The number of nitrogens with zero attached hydrogens (tertiary/aromatic N) is 1. The first-order valence-corrected chi connectivity index (χ1v) is 11.2. The molecule has 0 aliphatic rings. The van der Waals surface area contributed by atoms with E-state index < -0.39 is 6.04 Å². The van der Waals surface area contributed by atoms with Crippen LogP contribution in [0.1, 0.15) is 34.7 Å². The second kappa shape index (κ2) is 11.3. The molecule has 1 N–H and O–H groups in total. The number of hydrogen-bond acceptors (Lipinski definition) is 2. The SMILES string of the molecule is CCNC(=O)[C@@H](Cc1ccccc1)N(Cc1ccccc1)C(=O)Cc1cc(C)ccc1C. The van der Waals surface area contributed by atoms with E-state index in [0.717, 1.165) is 27.8 Å². The van der Waals surface area contributed by atoms with Crippen LogP contribution in [0, 0.1) is 13.8 Å². The molecule has 2 amide bonds. The topological polar surface area (TPSA) is 49.4 Å². The van der Waals surface area contributed by atoms with Crippen molar-refractivity contribution >= 4 is 11.8 Å². The lowest BCUT2D eigenvalue weighted by molar-refractivity contribution is -0.140. The quantitative estimate of drug-likeness (QED) is 0.541. The number of likely N-dealkylation sites (N-methyl/N-ethyl adjacent to an activating group) is 1. The lowest BCUT2D eigenvalue weighted by atomic mass is 9.99. The molecule has 3 aromatic carbocycles. The van der Waals surface area contributed by atoms with E-state index in [0.29, 0.717) is 19.5 Å². The molecule has 0 aliphatic carbocycles. The molecule has 0 aromatic heterocycles. The summed E-state index contributed by atoms with van der Waals surface area (Å²) < 4.78 is 0. The van der Waals surface area contributed by atoms with Gasteiger partial charge in [0, 0.05) is 19.5 Å². The minimum atomic E-state index is -0.588. The van der Waals surface area contributed by atoms with E-state index in [4.69, 9.17) is 0 Å². The van der Waals surface area contributed by atoms with Crippen molar-refractivity contribution in [1.29, 1.82) is 0 Å². The molecule has 32 heavy (non-hydrogen) atoms. The molecule has 0 radical (unpaired) electrons. The molecular weight excluding hydrogens is 396 g/mol. The van der Waals surface area contributed by atoms with E-state index in [1.807, 2.05) is 87.5 Å². The van der Waals surface area contributed by atoms with Gasteiger partial charge in [-0.3, -0.25) is 9.59 Å². The maximum absolute atomic E-state index is 13.7. The summed E-state index contributed by atoms with van der Waals surface area (Å²) in [5, 5.41) is 2.94. The zero-order chi connectivity index (χ0) is 22.9. The van der Waals surface area contributed by atoms with Gasteiger partial charge < -0.3 is 10.2 Å². The molecular formula is C28H32N2O2. The molecule has 4 nitrogen and oxygen atoms in total. The Morgan fingerprint density at radius 2 is 1.50 bits per heavy atom. The molecule has 0 aliphatic heterocycles. The van der Waals surface area contributed by atoms with Crippen LogP contribution in [-0.4, -0.2) is 29.3 Å². The Labute approximate surface area is 191 Å². The molecule has 0 unspecified atom stereocenters. The van der Waals surface area contributed by atoms with Crippen molar-refractivity contribution in [3.63, 3.8) is 0 Å². The summed E-state index contributed by atoms with van der Waals surface area (Å²) in [5.41, 5.74) is 5.24. The van der Waals surface area contributed by atoms with Gasteiger partial charge in [0.2, 0.25) is 11.8 Å². The minimum Gasteiger partial charge on any atom is -0.355 e. The largest absolute Gasteiger partial charge is 0.355 e. The van der Waals surface area contributed by atoms with Gasteiger partial charge >= 0.3 is 0 Å². The number of benzene rings is 3. The molecule has 3 rings (SSSR count). The van der Waals surface area contributed by atoms with Crippen molar-refractivity contribution in [1.82, 2.24) is 10.2 Å². The third kappa shape index (κ3) is 6.30. The normalized spacial score (nSPS) is 11.6. The van der Waals surface area contributed by atoms with Gasteiger partial charge in [-0.1, -0.05) is 84.4 Å². The maximum Gasteiger partial charge on any atom is 0.243 e. The molecule has 0 fully saturated rings. The lowest BCUT2D eigenvalue weighted by Gasteiger charge is -2.32. The Hall–Kier alpha value is -3.40. The van der Waals surface area contributed by atoms with E-state index in [2.05, 4.69) is 17.4 Å². The number of rotatable bonds is 9. The van der Waals surface area contributed by atoms with E-state index in [-0.39, 0.29) is 18.2 Å². The van der Waals surface area contributed by atoms with Crippen LogP contribution in [0.4, 0.5) is 0 Å². The van der Waals surface area contributed by atoms with Gasteiger partial charge in [-0.25, -0.2) is 0 Å². The van der Waals surface area contributed by atoms with E-state index in [9.17, 15) is 9.59 Å². The summed E-state index contributed by atoms with van der Waals surface area (Å²) in [6, 6.07) is 25.3. The standard InChI is InChI=1S/C28H32N2O2/c1-4-29-28(32)26(18-23-11-7-5-8-12-23)30(20-24-13-9-6-10-14-24)27(31)19-25-17-21(2)15-16-22(25)3/h5-17,26H,4,18-20H2,1-3H3,(H,29,32)/t26-/m1/s1. The number of nitrogens with one attached hydrogen (secondary N) is 1. The molecule has 4 heteroatoms. The van der Waals surface area contributed by atoms with Crippen molar-refractivity contribution in [2.75, 3.05) is 6.54 Å². The third-order valence-electron chi connectivity index (χ3n) is 5.66. The van der Waals surface area contributed by atoms with E-state index in [1.54, 1.807) is 4.90 Å². The second-order valence-electron chi connectivity index (χ2n) is 8.21. The Morgan fingerprint density at radius 1 is 0.875 bits per heavy atom. The van der Waals surface area contributed by atoms with Crippen LogP contribution in [0.2, 0.25) is 0 Å². The molecule has 0 saturated heterocycles. The third-order valence-corrected chi connectivity index (χ3v) is 5.66. The van der Waals surface area contributed by atoms with Gasteiger partial charge in [0.1, 0.15) is 6.04 Å². The first-order valence-electron chi connectivity index (χ1n) is 11.2. The summed E-state index contributed by atoms with van der Waals surface area (Å²) in [7, 11) is 0. The summed E-state index contributed by atoms with van der Waals surface area (Å²) in [4.78, 5) is 28.6. The fraction of sp³-hybridized carbons (Fsp3) is 0.286. The molecule has 0 heterocycles. The summed E-state index contributed by atoms with van der Waals surface area (Å²) in [6.45, 7) is 6.86. The molecule has 3 aromatic rings. The van der Waals surface area contributed by atoms with Crippen molar-refractivity contribution in [3.05, 3.63) is 107 Å². The van der Waals surface area contributed by atoms with Crippen LogP contribution < -0.4 is 5.32 Å². The maximum atomic E-state index is 13.7. The highest BCUT2D eigenvalue weighted by Gasteiger charge is 2.30. The zero-order valence-corrected chi connectivity index (χ0v) is 19.2. The van der Waals surface area contributed by atoms with Crippen LogP contribution in [0.15, 0.2) is 78.9 Å². The average Bonchev–Trinajstić information content (AvgIpc) is 2.80. The zero-order valence-electron chi connectivity index (χ0n) is 19.2. The monoisotopic (exact) mass is 428 g/mol. The van der Waals surface area contributed by atoms with Gasteiger partial charge in [-0.05, 0) is 43.0 Å². The van der Waals surface area contributed by atoms with Gasteiger partial charge in [-0.2, -0.15) is 0 Å². The van der Waals surface area contributed by atoms with Crippen LogP contribution in [-0.2, 0) is 29.0 Å². The Kier molecular flexibility index (Phi) is 8.20. The molecule has 0 bridgehead atoms. The van der Waals surface area contributed by atoms with Crippen LogP contribution in [0.3, 0.4) is 0 Å². The number of hydrogen-bond donors (Lipinski definition) is 1. The molecule has 0 spiro atoms. The average molecular weight is 429 g/mol. The van der Waals surface area contributed by atoms with E-state index >= 15 is 0 Å². The van der Waals surface area contributed by atoms with E-state index in [1.165, 1.54) is 0 Å². The molecule has 0 saturated carbocycles. The van der Waals surface area contributed by atoms with Gasteiger partial charge in [-0.15, -0.1) is 0 Å². The highest BCUT2D eigenvalue weighted by molar-refractivity contribution is 5.89. The second-order valence-corrected chi connectivity index (χ2v) is 8.21.